The molecule has 2 N–H and O–H groups in total. The number of amides is 1. The average molecular weight is 296 g/mol. The summed E-state index contributed by atoms with van der Waals surface area (Å²) in [5.74, 6) is -2.97. The first-order valence-corrected chi connectivity index (χ1v) is 6.36. The highest BCUT2D eigenvalue weighted by Gasteiger charge is 2.32. The molecule has 1 aromatic rings. The molecule has 0 bridgehead atoms. The Morgan fingerprint density at radius 3 is 2.67 bits per heavy atom. The van der Waals surface area contributed by atoms with Gasteiger partial charge in [-0.05, 0) is 31.4 Å². The van der Waals surface area contributed by atoms with E-state index in [0.717, 1.165) is 18.2 Å². The van der Waals surface area contributed by atoms with E-state index in [-0.39, 0.29) is 18.0 Å². The molecule has 1 aliphatic carbocycles. The van der Waals surface area contributed by atoms with Crippen LogP contribution in [-0.2, 0) is 4.79 Å². The van der Waals surface area contributed by atoms with Gasteiger partial charge in [0.15, 0.2) is 0 Å². The topological polar surface area (TPSA) is 110 Å². The molecule has 1 fully saturated rings. The number of carboxylic acids is 1. The Hall–Kier alpha value is -2.51. The second kappa shape index (κ2) is 5.86. The number of carboxylic acid groups (broad SMARTS) is 1. The van der Waals surface area contributed by atoms with Gasteiger partial charge in [0.25, 0.3) is 11.6 Å². The van der Waals surface area contributed by atoms with Crippen molar-refractivity contribution in [2.75, 3.05) is 0 Å². The lowest BCUT2D eigenvalue weighted by Crippen LogP contribution is -2.33. The molecule has 21 heavy (non-hydrogen) atoms. The summed E-state index contributed by atoms with van der Waals surface area (Å²) in [7, 11) is 0. The lowest BCUT2D eigenvalue weighted by Gasteiger charge is -2.12. The molecule has 8 heteroatoms. The number of rotatable bonds is 4. The summed E-state index contributed by atoms with van der Waals surface area (Å²) in [6, 6.07) is 2.27. The Balaban J connectivity index is 2.12. The van der Waals surface area contributed by atoms with Crippen LogP contribution in [0.1, 0.15) is 29.6 Å². The minimum atomic E-state index is -0.927. The number of nitrogens with zero attached hydrogens (tertiary/aromatic N) is 1. The summed E-state index contributed by atoms with van der Waals surface area (Å²) in [5.41, 5.74) is -0.847. The lowest BCUT2D eigenvalue weighted by molar-refractivity contribution is -0.385. The minimum absolute atomic E-state index is 0.268. The zero-order valence-corrected chi connectivity index (χ0v) is 10.9. The predicted octanol–water partition coefficient (Wildman–Crippen LogP) is 1.72. The first-order valence-electron chi connectivity index (χ1n) is 6.36. The van der Waals surface area contributed by atoms with Gasteiger partial charge in [-0.25, -0.2) is 4.39 Å². The SMILES string of the molecule is O=C(N[C@H]1CC[C@@H](C(=O)O)C1)c1cc(F)ccc1[N+](=O)[O-]. The molecule has 1 saturated carbocycles. The number of benzene rings is 1. The van der Waals surface area contributed by atoms with Crippen LogP contribution in [0.4, 0.5) is 10.1 Å². The number of carbonyl (C=O) groups excluding carboxylic acids is 1. The van der Waals surface area contributed by atoms with Crippen LogP contribution in [0.5, 0.6) is 0 Å². The summed E-state index contributed by atoms with van der Waals surface area (Å²) in [5, 5.41) is 22.3. The van der Waals surface area contributed by atoms with Crippen molar-refractivity contribution in [2.45, 2.75) is 25.3 Å². The summed E-state index contributed by atoms with van der Waals surface area (Å²) in [6.07, 6.45) is 1.18. The molecule has 1 aromatic carbocycles. The van der Waals surface area contributed by atoms with E-state index in [1.807, 2.05) is 0 Å². The summed E-state index contributed by atoms with van der Waals surface area (Å²) in [6.45, 7) is 0. The fourth-order valence-electron chi connectivity index (χ4n) is 2.45. The molecule has 0 spiro atoms. The smallest absolute Gasteiger partial charge is 0.306 e. The highest BCUT2D eigenvalue weighted by molar-refractivity contribution is 5.98. The van der Waals surface area contributed by atoms with Crippen molar-refractivity contribution in [3.05, 3.63) is 39.7 Å². The van der Waals surface area contributed by atoms with E-state index in [4.69, 9.17) is 5.11 Å². The van der Waals surface area contributed by atoms with Crippen LogP contribution in [0.15, 0.2) is 18.2 Å². The van der Waals surface area contributed by atoms with Crippen molar-refractivity contribution in [3.63, 3.8) is 0 Å². The molecule has 2 rings (SSSR count). The highest BCUT2D eigenvalue weighted by atomic mass is 19.1. The predicted molar refractivity (Wildman–Crippen MR) is 69.3 cm³/mol. The number of aliphatic carboxylic acids is 1. The Bertz CT molecular complexity index is 604. The van der Waals surface area contributed by atoms with E-state index in [0.29, 0.717) is 12.8 Å². The molecule has 1 amide bonds. The molecular weight excluding hydrogens is 283 g/mol. The van der Waals surface area contributed by atoms with Gasteiger partial charge < -0.3 is 10.4 Å². The van der Waals surface area contributed by atoms with Gasteiger partial charge in [-0.3, -0.25) is 19.7 Å². The second-order valence-electron chi connectivity index (χ2n) is 4.94. The third-order valence-electron chi connectivity index (χ3n) is 3.52. The number of nitro benzene ring substituents is 1. The van der Waals surface area contributed by atoms with Crippen molar-refractivity contribution in [2.24, 2.45) is 5.92 Å². The lowest BCUT2D eigenvalue weighted by atomic mass is 10.1. The Morgan fingerprint density at radius 2 is 2.10 bits per heavy atom. The van der Waals surface area contributed by atoms with E-state index in [1.165, 1.54) is 0 Å². The first-order chi connectivity index (χ1) is 9.88. The molecule has 112 valence electrons. The van der Waals surface area contributed by atoms with Crippen molar-refractivity contribution in [1.82, 2.24) is 5.32 Å². The fourth-order valence-corrected chi connectivity index (χ4v) is 2.45. The van der Waals surface area contributed by atoms with E-state index in [2.05, 4.69) is 5.32 Å². The van der Waals surface area contributed by atoms with Crippen molar-refractivity contribution in [1.29, 1.82) is 0 Å². The van der Waals surface area contributed by atoms with Crippen LogP contribution < -0.4 is 5.32 Å². The molecule has 0 heterocycles. The Labute approximate surface area is 118 Å². The van der Waals surface area contributed by atoms with Crippen LogP contribution in [0, 0.1) is 21.8 Å². The molecule has 0 saturated heterocycles. The number of nitro groups is 1. The highest BCUT2D eigenvalue weighted by Crippen LogP contribution is 2.27. The molecule has 0 aromatic heterocycles. The van der Waals surface area contributed by atoms with E-state index in [1.54, 1.807) is 0 Å². The van der Waals surface area contributed by atoms with Crippen LogP contribution >= 0.6 is 0 Å². The maximum atomic E-state index is 13.2. The molecule has 0 unspecified atom stereocenters. The van der Waals surface area contributed by atoms with Gasteiger partial charge in [0, 0.05) is 12.1 Å². The standard InChI is InChI=1S/C13H13FN2O5/c14-8-2-4-11(16(20)21)10(6-8)12(17)15-9-3-1-7(5-9)13(18)19/h2,4,6-7,9H,1,3,5H2,(H,15,17)(H,18,19)/t7-,9+/m1/s1. The third kappa shape index (κ3) is 3.33. The summed E-state index contributed by atoms with van der Waals surface area (Å²) >= 11 is 0. The molecule has 0 radical (unpaired) electrons. The molecule has 2 atom stereocenters. The van der Waals surface area contributed by atoms with Gasteiger partial charge >= 0.3 is 5.97 Å². The second-order valence-corrected chi connectivity index (χ2v) is 4.94. The number of nitrogens with one attached hydrogen (secondary N) is 1. The van der Waals surface area contributed by atoms with E-state index in [9.17, 15) is 24.1 Å². The Kier molecular flexibility index (Phi) is 4.15. The molecular formula is C13H13FN2O5. The number of carbonyl (C=O) groups is 2. The van der Waals surface area contributed by atoms with Crippen LogP contribution in [0.25, 0.3) is 0 Å². The largest absolute Gasteiger partial charge is 0.481 e. The van der Waals surface area contributed by atoms with E-state index < -0.39 is 34.2 Å². The van der Waals surface area contributed by atoms with Crippen LogP contribution in [0.2, 0.25) is 0 Å². The Morgan fingerprint density at radius 1 is 1.38 bits per heavy atom. The third-order valence-corrected chi connectivity index (χ3v) is 3.52. The van der Waals surface area contributed by atoms with Gasteiger partial charge in [-0.2, -0.15) is 0 Å². The monoisotopic (exact) mass is 296 g/mol. The summed E-state index contributed by atoms with van der Waals surface area (Å²) < 4.78 is 13.2. The van der Waals surface area contributed by atoms with Crippen molar-refractivity contribution >= 4 is 17.6 Å². The maximum Gasteiger partial charge on any atom is 0.306 e. The van der Waals surface area contributed by atoms with Crippen LogP contribution in [0.3, 0.4) is 0 Å². The molecule has 7 nitrogen and oxygen atoms in total. The zero-order valence-electron chi connectivity index (χ0n) is 10.9. The molecule has 0 aliphatic heterocycles. The number of hydrogen-bond acceptors (Lipinski definition) is 4. The quantitative estimate of drug-likeness (QED) is 0.649. The normalized spacial score (nSPS) is 21.0. The number of hydrogen-bond donors (Lipinski definition) is 2. The average Bonchev–Trinajstić information content (AvgIpc) is 2.86. The number of halogens is 1. The fraction of sp³-hybridized carbons (Fsp3) is 0.385. The van der Waals surface area contributed by atoms with Gasteiger partial charge in [-0.1, -0.05) is 0 Å². The minimum Gasteiger partial charge on any atom is -0.481 e. The summed E-state index contributed by atoms with van der Waals surface area (Å²) in [4.78, 5) is 32.9. The van der Waals surface area contributed by atoms with Gasteiger partial charge in [-0.15, -0.1) is 0 Å². The molecule has 1 aliphatic rings. The van der Waals surface area contributed by atoms with Gasteiger partial charge in [0.05, 0.1) is 10.8 Å². The van der Waals surface area contributed by atoms with Crippen LogP contribution in [-0.4, -0.2) is 27.9 Å². The van der Waals surface area contributed by atoms with Gasteiger partial charge in [0.1, 0.15) is 11.4 Å². The maximum absolute atomic E-state index is 13.2. The zero-order chi connectivity index (χ0) is 15.6. The van der Waals surface area contributed by atoms with Gasteiger partial charge in [0.2, 0.25) is 0 Å². The first kappa shape index (κ1) is 14.9. The van der Waals surface area contributed by atoms with Crippen molar-refractivity contribution in [3.8, 4) is 0 Å². The van der Waals surface area contributed by atoms with Crippen molar-refractivity contribution < 1.29 is 24.0 Å². The van der Waals surface area contributed by atoms with E-state index >= 15 is 0 Å².